The fraction of sp³-hybridized carbons (Fsp3) is 0.182. The van der Waals surface area contributed by atoms with Crippen molar-refractivity contribution >= 4 is 33.3 Å². The molecule has 3 N–H and O–H groups in total. The SMILES string of the molecule is Cc1cc(C)c(NC(=O)c2nonc2N)c(Br)c1. The molecule has 6 nitrogen and oxygen atoms in total. The summed E-state index contributed by atoms with van der Waals surface area (Å²) >= 11 is 3.40. The van der Waals surface area contributed by atoms with Crippen molar-refractivity contribution in [3.63, 3.8) is 0 Å². The van der Waals surface area contributed by atoms with Crippen LogP contribution in [0.25, 0.3) is 0 Å². The van der Waals surface area contributed by atoms with Crippen LogP contribution in [0.1, 0.15) is 21.6 Å². The van der Waals surface area contributed by atoms with Gasteiger partial charge in [-0.1, -0.05) is 6.07 Å². The molecule has 0 bridgehead atoms. The molecule has 18 heavy (non-hydrogen) atoms. The first-order valence-electron chi connectivity index (χ1n) is 5.15. The molecule has 0 atom stereocenters. The van der Waals surface area contributed by atoms with E-state index in [2.05, 4.69) is 36.2 Å². The monoisotopic (exact) mass is 310 g/mol. The Balaban J connectivity index is 2.31. The molecule has 0 aliphatic carbocycles. The van der Waals surface area contributed by atoms with Gasteiger partial charge in [0.1, 0.15) is 0 Å². The highest BCUT2D eigenvalue weighted by Crippen LogP contribution is 2.28. The normalized spacial score (nSPS) is 10.4. The van der Waals surface area contributed by atoms with Crippen molar-refractivity contribution in [3.8, 4) is 0 Å². The molecule has 0 spiro atoms. The summed E-state index contributed by atoms with van der Waals surface area (Å²) in [7, 11) is 0. The van der Waals surface area contributed by atoms with E-state index < -0.39 is 5.91 Å². The number of nitrogens with one attached hydrogen (secondary N) is 1. The van der Waals surface area contributed by atoms with Crippen LogP contribution in [0, 0.1) is 13.8 Å². The Labute approximate surface area is 112 Å². The molecule has 0 unspecified atom stereocenters. The van der Waals surface area contributed by atoms with Gasteiger partial charge in [-0.3, -0.25) is 4.79 Å². The summed E-state index contributed by atoms with van der Waals surface area (Å²) in [5, 5.41) is 9.53. The number of benzene rings is 1. The zero-order valence-corrected chi connectivity index (χ0v) is 11.4. The molecular formula is C11H11BrN4O2. The van der Waals surface area contributed by atoms with E-state index in [0.717, 1.165) is 15.6 Å². The number of carbonyl (C=O) groups excluding carboxylic acids is 1. The summed E-state index contributed by atoms with van der Waals surface area (Å²) < 4.78 is 5.18. The van der Waals surface area contributed by atoms with E-state index in [-0.39, 0.29) is 11.5 Å². The van der Waals surface area contributed by atoms with Crippen LogP contribution in [-0.4, -0.2) is 16.2 Å². The van der Waals surface area contributed by atoms with Gasteiger partial charge in [-0.25, -0.2) is 4.63 Å². The van der Waals surface area contributed by atoms with E-state index in [1.807, 2.05) is 26.0 Å². The maximum absolute atomic E-state index is 11.9. The molecule has 0 aliphatic rings. The number of aryl methyl sites for hydroxylation is 2. The van der Waals surface area contributed by atoms with E-state index >= 15 is 0 Å². The van der Waals surface area contributed by atoms with Gasteiger partial charge >= 0.3 is 0 Å². The molecule has 1 heterocycles. The first-order chi connectivity index (χ1) is 8.49. The minimum absolute atomic E-state index is 0.0260. The highest BCUT2D eigenvalue weighted by atomic mass is 79.9. The van der Waals surface area contributed by atoms with Crippen LogP contribution in [0.15, 0.2) is 21.2 Å². The maximum atomic E-state index is 11.9. The second kappa shape index (κ2) is 4.77. The molecule has 0 fully saturated rings. The Morgan fingerprint density at radius 1 is 1.39 bits per heavy atom. The van der Waals surface area contributed by atoms with E-state index in [9.17, 15) is 4.79 Å². The van der Waals surface area contributed by atoms with Crippen molar-refractivity contribution in [2.24, 2.45) is 0 Å². The Bertz CT molecular complexity index is 586. The largest absolute Gasteiger partial charge is 0.379 e. The van der Waals surface area contributed by atoms with Crippen LogP contribution < -0.4 is 11.1 Å². The van der Waals surface area contributed by atoms with Crippen molar-refractivity contribution in [3.05, 3.63) is 33.4 Å². The van der Waals surface area contributed by atoms with Gasteiger partial charge in [0.2, 0.25) is 11.5 Å². The molecule has 0 saturated carbocycles. The zero-order valence-electron chi connectivity index (χ0n) is 9.82. The van der Waals surface area contributed by atoms with E-state index in [0.29, 0.717) is 5.69 Å². The Hall–Kier alpha value is -1.89. The third kappa shape index (κ3) is 2.35. The van der Waals surface area contributed by atoms with Crippen molar-refractivity contribution < 1.29 is 9.42 Å². The minimum Gasteiger partial charge on any atom is -0.379 e. The molecule has 0 radical (unpaired) electrons. The summed E-state index contributed by atoms with van der Waals surface area (Å²) in [5.41, 5.74) is 8.14. The van der Waals surface area contributed by atoms with Gasteiger partial charge in [0.25, 0.3) is 5.91 Å². The van der Waals surface area contributed by atoms with Crippen LogP contribution in [0.3, 0.4) is 0 Å². The summed E-state index contributed by atoms with van der Waals surface area (Å²) in [6, 6.07) is 3.87. The fourth-order valence-electron chi connectivity index (χ4n) is 1.60. The predicted molar refractivity (Wildman–Crippen MR) is 70.3 cm³/mol. The number of rotatable bonds is 2. The minimum atomic E-state index is -0.457. The highest BCUT2D eigenvalue weighted by molar-refractivity contribution is 9.10. The van der Waals surface area contributed by atoms with Gasteiger partial charge in [0.05, 0.1) is 5.69 Å². The number of nitrogens with two attached hydrogens (primary N) is 1. The lowest BCUT2D eigenvalue weighted by Crippen LogP contribution is -2.15. The second-order valence-electron chi connectivity index (χ2n) is 3.89. The molecule has 1 aromatic carbocycles. The topological polar surface area (TPSA) is 94.0 Å². The summed E-state index contributed by atoms with van der Waals surface area (Å²) in [5.74, 6) is -0.491. The smallest absolute Gasteiger partial charge is 0.281 e. The van der Waals surface area contributed by atoms with Gasteiger partial charge in [-0.2, -0.15) is 0 Å². The van der Waals surface area contributed by atoms with Crippen molar-refractivity contribution in [2.45, 2.75) is 13.8 Å². The number of nitrogens with zero attached hydrogens (tertiary/aromatic N) is 2. The molecule has 7 heteroatoms. The van der Waals surface area contributed by atoms with Crippen molar-refractivity contribution in [1.29, 1.82) is 0 Å². The average Bonchev–Trinajstić information content (AvgIpc) is 2.69. The Kier molecular flexibility index (Phi) is 3.33. The van der Waals surface area contributed by atoms with Crippen LogP contribution in [0.5, 0.6) is 0 Å². The third-order valence-corrected chi connectivity index (χ3v) is 3.02. The molecule has 0 aliphatic heterocycles. The van der Waals surface area contributed by atoms with Gasteiger partial charge < -0.3 is 11.1 Å². The van der Waals surface area contributed by atoms with Crippen molar-refractivity contribution in [1.82, 2.24) is 10.3 Å². The lowest BCUT2D eigenvalue weighted by molar-refractivity contribution is 0.101. The number of hydrogen-bond donors (Lipinski definition) is 2. The number of aromatic nitrogens is 2. The van der Waals surface area contributed by atoms with Crippen LogP contribution in [0.4, 0.5) is 11.5 Å². The second-order valence-corrected chi connectivity index (χ2v) is 4.75. The van der Waals surface area contributed by atoms with Crippen LogP contribution in [0.2, 0.25) is 0 Å². The number of hydrogen-bond acceptors (Lipinski definition) is 5. The number of anilines is 2. The van der Waals surface area contributed by atoms with Crippen LogP contribution >= 0.6 is 15.9 Å². The first-order valence-corrected chi connectivity index (χ1v) is 5.94. The molecule has 0 saturated heterocycles. The molecule has 2 aromatic rings. The number of amides is 1. The van der Waals surface area contributed by atoms with Gasteiger partial charge in [-0.05, 0) is 57.3 Å². The van der Waals surface area contributed by atoms with Gasteiger partial charge in [-0.15, -0.1) is 0 Å². The zero-order chi connectivity index (χ0) is 13.3. The Morgan fingerprint density at radius 2 is 2.11 bits per heavy atom. The first kappa shape index (κ1) is 12.6. The summed E-state index contributed by atoms with van der Waals surface area (Å²) in [6.45, 7) is 3.88. The quantitative estimate of drug-likeness (QED) is 0.887. The molecule has 2 rings (SSSR count). The maximum Gasteiger partial charge on any atom is 0.281 e. The third-order valence-electron chi connectivity index (χ3n) is 2.40. The number of nitrogen functional groups attached to an aromatic ring is 1. The lowest BCUT2D eigenvalue weighted by Gasteiger charge is -2.10. The lowest BCUT2D eigenvalue weighted by atomic mass is 10.1. The van der Waals surface area contributed by atoms with E-state index in [1.165, 1.54) is 0 Å². The standard InChI is InChI=1S/C11H11BrN4O2/c1-5-3-6(2)8(7(12)4-5)14-11(17)9-10(13)16-18-15-9/h3-4H,1-2H3,(H2,13,16)(H,14,17). The van der Waals surface area contributed by atoms with Gasteiger partial charge in [0, 0.05) is 4.47 Å². The summed E-state index contributed by atoms with van der Waals surface area (Å²) in [4.78, 5) is 11.9. The van der Waals surface area contributed by atoms with E-state index in [4.69, 9.17) is 5.73 Å². The van der Waals surface area contributed by atoms with E-state index in [1.54, 1.807) is 0 Å². The molecule has 1 aromatic heterocycles. The molecule has 1 amide bonds. The van der Waals surface area contributed by atoms with Crippen LogP contribution in [-0.2, 0) is 0 Å². The number of carbonyl (C=O) groups is 1. The molecular weight excluding hydrogens is 300 g/mol. The molecule has 94 valence electrons. The fourth-order valence-corrected chi connectivity index (χ4v) is 2.37. The predicted octanol–water partition coefficient (Wildman–Crippen LogP) is 2.28. The average molecular weight is 311 g/mol. The van der Waals surface area contributed by atoms with Crippen molar-refractivity contribution in [2.75, 3.05) is 11.1 Å². The Morgan fingerprint density at radius 3 is 2.67 bits per heavy atom. The van der Waals surface area contributed by atoms with Gasteiger partial charge in [0.15, 0.2) is 0 Å². The highest BCUT2D eigenvalue weighted by Gasteiger charge is 2.18. The number of halogens is 1. The summed E-state index contributed by atoms with van der Waals surface area (Å²) in [6.07, 6.45) is 0.